The van der Waals surface area contributed by atoms with Crippen LogP contribution in [-0.4, -0.2) is 63.6 Å². The number of carbonyl (C=O) groups excluding carboxylic acids is 1. The van der Waals surface area contributed by atoms with Crippen LogP contribution in [-0.2, 0) is 0 Å². The van der Waals surface area contributed by atoms with Crippen LogP contribution in [0.1, 0.15) is 41.7 Å². The third-order valence-electron chi connectivity index (χ3n) is 5.46. The Kier molecular flexibility index (Phi) is 4.22. The zero-order chi connectivity index (χ0) is 16.5. The molecular weight excluding hydrogens is 302 g/mol. The van der Waals surface area contributed by atoms with Gasteiger partial charge in [-0.2, -0.15) is 5.10 Å². The van der Waals surface area contributed by atoms with E-state index in [0.717, 1.165) is 42.9 Å². The van der Waals surface area contributed by atoms with Gasteiger partial charge in [0.1, 0.15) is 0 Å². The van der Waals surface area contributed by atoms with E-state index in [-0.39, 0.29) is 5.91 Å². The molecule has 0 spiro atoms. The molecule has 6 heteroatoms. The first-order valence-electron chi connectivity index (χ1n) is 9.03. The van der Waals surface area contributed by atoms with Gasteiger partial charge >= 0.3 is 0 Å². The Bertz CT molecular complexity index is 726. The van der Waals surface area contributed by atoms with Gasteiger partial charge in [0.2, 0.25) is 0 Å². The van der Waals surface area contributed by atoms with E-state index in [2.05, 4.69) is 20.1 Å². The van der Waals surface area contributed by atoms with E-state index in [1.54, 1.807) is 6.20 Å². The molecule has 2 aliphatic heterocycles. The molecule has 2 aliphatic rings. The second-order valence-corrected chi connectivity index (χ2v) is 7.19. The molecule has 4 heterocycles. The summed E-state index contributed by atoms with van der Waals surface area (Å²) < 4.78 is 0. The molecule has 1 N–H and O–H groups in total. The molecule has 1 amide bonds. The number of hydrogen-bond acceptors (Lipinski definition) is 4. The highest BCUT2D eigenvalue weighted by Crippen LogP contribution is 2.23. The molecule has 128 valence electrons. The van der Waals surface area contributed by atoms with E-state index < -0.39 is 0 Å². The van der Waals surface area contributed by atoms with Crippen LogP contribution >= 0.6 is 0 Å². The molecule has 2 saturated heterocycles. The monoisotopic (exact) mass is 327 g/mol. The number of carbonyl (C=O) groups is 1. The topological polar surface area (TPSA) is 65.1 Å². The standard InChI is InChI=1S/C18H25N5O/c1-13-16-10-15(11-19-17(16)21-20-13)18(24)23-8-4-14(5-9-23)12-22-6-2-3-7-22/h10-11,14H,2-9,12H2,1H3,(H,19,20,21). The average molecular weight is 327 g/mol. The van der Waals surface area contributed by atoms with Crippen molar-refractivity contribution >= 4 is 16.9 Å². The van der Waals surface area contributed by atoms with Gasteiger partial charge in [-0.05, 0) is 57.7 Å². The Morgan fingerprint density at radius 1 is 1.25 bits per heavy atom. The molecule has 24 heavy (non-hydrogen) atoms. The summed E-state index contributed by atoms with van der Waals surface area (Å²) in [5, 5.41) is 7.98. The minimum absolute atomic E-state index is 0.102. The van der Waals surface area contributed by atoms with Crippen LogP contribution in [0.3, 0.4) is 0 Å². The summed E-state index contributed by atoms with van der Waals surface area (Å²) in [6.07, 6.45) is 6.58. The molecule has 0 aromatic carbocycles. The Balaban J connectivity index is 1.38. The van der Waals surface area contributed by atoms with Crippen LogP contribution in [0, 0.1) is 12.8 Å². The van der Waals surface area contributed by atoms with Crippen LogP contribution in [0.25, 0.3) is 11.0 Å². The number of piperidine rings is 1. The van der Waals surface area contributed by atoms with E-state index >= 15 is 0 Å². The summed E-state index contributed by atoms with van der Waals surface area (Å²) in [6, 6.07) is 1.92. The number of likely N-dealkylation sites (tertiary alicyclic amines) is 2. The van der Waals surface area contributed by atoms with Crippen molar-refractivity contribution in [3.05, 3.63) is 23.5 Å². The molecule has 2 aromatic heterocycles. The lowest BCUT2D eigenvalue weighted by Gasteiger charge is -2.33. The number of rotatable bonds is 3. The first kappa shape index (κ1) is 15.6. The smallest absolute Gasteiger partial charge is 0.255 e. The zero-order valence-corrected chi connectivity index (χ0v) is 14.3. The SMILES string of the molecule is Cc1[nH]nc2ncc(C(=O)N3CCC(CN4CCCC4)CC3)cc12. The summed E-state index contributed by atoms with van der Waals surface area (Å²) >= 11 is 0. The van der Waals surface area contributed by atoms with Crippen LogP contribution in [0.4, 0.5) is 0 Å². The van der Waals surface area contributed by atoms with Crippen molar-refractivity contribution in [3.63, 3.8) is 0 Å². The fourth-order valence-electron chi connectivity index (χ4n) is 3.97. The summed E-state index contributed by atoms with van der Waals surface area (Å²) in [5.41, 5.74) is 2.30. The number of aromatic nitrogens is 3. The third kappa shape index (κ3) is 3.02. The van der Waals surface area contributed by atoms with Crippen molar-refractivity contribution in [3.8, 4) is 0 Å². The normalized spacial score (nSPS) is 20.1. The van der Waals surface area contributed by atoms with E-state index in [9.17, 15) is 4.79 Å². The van der Waals surface area contributed by atoms with Gasteiger partial charge < -0.3 is 9.80 Å². The van der Waals surface area contributed by atoms with Crippen LogP contribution in [0.2, 0.25) is 0 Å². The third-order valence-corrected chi connectivity index (χ3v) is 5.46. The van der Waals surface area contributed by atoms with Crippen molar-refractivity contribution in [2.75, 3.05) is 32.7 Å². The van der Waals surface area contributed by atoms with Gasteiger partial charge in [-0.25, -0.2) is 4.98 Å². The highest BCUT2D eigenvalue weighted by atomic mass is 16.2. The number of nitrogens with zero attached hydrogens (tertiary/aromatic N) is 4. The van der Waals surface area contributed by atoms with Gasteiger partial charge in [-0.15, -0.1) is 0 Å². The van der Waals surface area contributed by atoms with Crippen LogP contribution < -0.4 is 0 Å². The van der Waals surface area contributed by atoms with Gasteiger partial charge in [-0.3, -0.25) is 9.89 Å². The molecule has 0 saturated carbocycles. The maximum Gasteiger partial charge on any atom is 0.255 e. The first-order chi connectivity index (χ1) is 11.7. The lowest BCUT2D eigenvalue weighted by atomic mass is 9.96. The molecule has 0 unspecified atom stereocenters. The van der Waals surface area contributed by atoms with Gasteiger partial charge in [0.15, 0.2) is 5.65 Å². The van der Waals surface area contributed by atoms with Crippen molar-refractivity contribution in [2.24, 2.45) is 5.92 Å². The number of H-pyrrole nitrogens is 1. The molecule has 0 atom stereocenters. The average Bonchev–Trinajstić information content (AvgIpc) is 3.25. The number of aromatic amines is 1. The molecule has 2 fully saturated rings. The number of nitrogens with one attached hydrogen (secondary N) is 1. The Labute approximate surface area is 142 Å². The molecule has 2 aromatic rings. The Morgan fingerprint density at radius 3 is 2.75 bits per heavy atom. The van der Waals surface area contributed by atoms with E-state index in [1.807, 2.05) is 17.9 Å². The lowest BCUT2D eigenvalue weighted by Crippen LogP contribution is -2.41. The second-order valence-electron chi connectivity index (χ2n) is 7.19. The van der Waals surface area contributed by atoms with E-state index in [1.165, 1.54) is 32.5 Å². The number of aryl methyl sites for hydroxylation is 1. The molecule has 4 rings (SSSR count). The lowest BCUT2D eigenvalue weighted by molar-refractivity contribution is 0.0673. The molecular formula is C18H25N5O. The fraction of sp³-hybridized carbons (Fsp3) is 0.611. The maximum atomic E-state index is 12.8. The summed E-state index contributed by atoms with van der Waals surface area (Å²) in [7, 11) is 0. The highest BCUT2D eigenvalue weighted by Gasteiger charge is 2.26. The second kappa shape index (κ2) is 6.51. The first-order valence-corrected chi connectivity index (χ1v) is 9.03. The summed E-state index contributed by atoms with van der Waals surface area (Å²) in [6.45, 7) is 7.40. The molecule has 6 nitrogen and oxygen atoms in total. The van der Waals surface area contributed by atoms with Crippen LogP contribution in [0.15, 0.2) is 12.3 Å². The quantitative estimate of drug-likeness (QED) is 0.939. The highest BCUT2D eigenvalue weighted by molar-refractivity contribution is 5.97. The number of hydrogen-bond donors (Lipinski definition) is 1. The van der Waals surface area contributed by atoms with Gasteiger partial charge in [0, 0.05) is 36.9 Å². The Hall–Kier alpha value is -1.95. The maximum absolute atomic E-state index is 12.8. The summed E-state index contributed by atoms with van der Waals surface area (Å²) in [4.78, 5) is 21.6. The van der Waals surface area contributed by atoms with Crippen molar-refractivity contribution in [1.29, 1.82) is 0 Å². The van der Waals surface area contributed by atoms with Crippen molar-refractivity contribution in [1.82, 2.24) is 25.0 Å². The van der Waals surface area contributed by atoms with Crippen molar-refractivity contribution < 1.29 is 4.79 Å². The predicted octanol–water partition coefficient (Wildman–Crippen LogP) is 2.21. The number of fused-ring (bicyclic) bond motifs is 1. The summed E-state index contributed by atoms with van der Waals surface area (Å²) in [5.74, 6) is 0.841. The van der Waals surface area contributed by atoms with Crippen molar-refractivity contribution in [2.45, 2.75) is 32.6 Å². The zero-order valence-electron chi connectivity index (χ0n) is 14.3. The van der Waals surface area contributed by atoms with Gasteiger partial charge in [0.25, 0.3) is 5.91 Å². The Morgan fingerprint density at radius 2 is 2.00 bits per heavy atom. The van der Waals surface area contributed by atoms with Crippen LogP contribution in [0.5, 0.6) is 0 Å². The predicted molar refractivity (Wildman–Crippen MR) is 92.9 cm³/mol. The minimum Gasteiger partial charge on any atom is -0.339 e. The molecule has 0 radical (unpaired) electrons. The minimum atomic E-state index is 0.102. The molecule has 0 aliphatic carbocycles. The largest absolute Gasteiger partial charge is 0.339 e. The fourth-order valence-corrected chi connectivity index (χ4v) is 3.97. The van der Waals surface area contributed by atoms with E-state index in [4.69, 9.17) is 0 Å². The van der Waals surface area contributed by atoms with E-state index in [0.29, 0.717) is 11.2 Å². The number of amides is 1. The van der Waals surface area contributed by atoms with Gasteiger partial charge in [-0.1, -0.05) is 0 Å². The number of pyridine rings is 1. The van der Waals surface area contributed by atoms with Gasteiger partial charge in [0.05, 0.1) is 5.56 Å². The molecule has 0 bridgehead atoms.